The van der Waals surface area contributed by atoms with Gasteiger partial charge in [-0.3, -0.25) is 9.59 Å². The number of nitrogens with one attached hydrogen (secondary N) is 1. The molecule has 162 valence electrons. The molecule has 1 amide bonds. The second kappa shape index (κ2) is 8.93. The zero-order chi connectivity index (χ0) is 22.8. The fraction of sp³-hybridized carbons (Fsp3) is 0.304. The van der Waals surface area contributed by atoms with E-state index in [4.69, 9.17) is 5.84 Å². The van der Waals surface area contributed by atoms with Crippen LogP contribution in [0.25, 0.3) is 11.4 Å². The monoisotopic (exact) mass is 437 g/mol. The van der Waals surface area contributed by atoms with E-state index in [9.17, 15) is 9.59 Å². The third-order valence-electron chi connectivity index (χ3n) is 4.88. The molecule has 31 heavy (non-hydrogen) atoms. The van der Waals surface area contributed by atoms with Gasteiger partial charge in [-0.05, 0) is 49.1 Å². The van der Waals surface area contributed by atoms with Crippen LogP contribution in [0.3, 0.4) is 0 Å². The zero-order valence-electron chi connectivity index (χ0n) is 18.3. The third-order valence-corrected chi connectivity index (χ3v) is 5.94. The van der Waals surface area contributed by atoms with Crippen LogP contribution in [0.4, 0.5) is 5.69 Å². The summed E-state index contributed by atoms with van der Waals surface area (Å²) in [4.78, 5) is 23.9. The van der Waals surface area contributed by atoms with Gasteiger partial charge in [0, 0.05) is 16.8 Å². The average molecular weight is 438 g/mol. The van der Waals surface area contributed by atoms with Gasteiger partial charge in [0.2, 0.25) is 11.1 Å². The van der Waals surface area contributed by atoms with Crippen molar-refractivity contribution >= 4 is 29.1 Å². The Morgan fingerprint density at radius 3 is 2.19 bits per heavy atom. The number of nitrogens with two attached hydrogens (primary N) is 1. The number of hydrogen-bond donors (Lipinski definition) is 2. The lowest BCUT2D eigenvalue weighted by molar-refractivity contribution is -0.115. The number of carbonyl (C=O) groups is 2. The van der Waals surface area contributed by atoms with Gasteiger partial charge >= 0.3 is 0 Å². The minimum atomic E-state index is -0.449. The molecule has 1 atom stereocenters. The van der Waals surface area contributed by atoms with Crippen molar-refractivity contribution in [2.45, 2.75) is 50.4 Å². The number of benzene rings is 2. The predicted octanol–water partition coefficient (Wildman–Crippen LogP) is 4.28. The number of anilines is 1. The molecule has 1 heterocycles. The zero-order valence-corrected chi connectivity index (χ0v) is 19.2. The second-order valence-corrected chi connectivity index (χ2v) is 9.69. The smallest absolute Gasteiger partial charge is 0.237 e. The Hall–Kier alpha value is -3.13. The Balaban J connectivity index is 1.68. The van der Waals surface area contributed by atoms with Gasteiger partial charge in [-0.1, -0.05) is 56.8 Å². The highest BCUT2D eigenvalue weighted by atomic mass is 32.2. The first-order chi connectivity index (χ1) is 14.6. The van der Waals surface area contributed by atoms with Gasteiger partial charge in [-0.2, -0.15) is 0 Å². The highest BCUT2D eigenvalue weighted by molar-refractivity contribution is 8.00. The van der Waals surface area contributed by atoms with Gasteiger partial charge < -0.3 is 11.2 Å². The van der Waals surface area contributed by atoms with Crippen molar-refractivity contribution in [1.29, 1.82) is 0 Å². The van der Waals surface area contributed by atoms with E-state index in [1.54, 1.807) is 31.2 Å². The first-order valence-electron chi connectivity index (χ1n) is 9.96. The van der Waals surface area contributed by atoms with Crippen LogP contribution in [0.5, 0.6) is 0 Å². The van der Waals surface area contributed by atoms with Gasteiger partial charge in [0.05, 0.1) is 5.25 Å². The van der Waals surface area contributed by atoms with Crippen molar-refractivity contribution in [1.82, 2.24) is 14.9 Å². The van der Waals surface area contributed by atoms with E-state index in [-0.39, 0.29) is 17.1 Å². The Morgan fingerprint density at radius 1 is 1.03 bits per heavy atom. The van der Waals surface area contributed by atoms with Crippen molar-refractivity contribution in [2.24, 2.45) is 0 Å². The molecule has 0 aliphatic rings. The normalized spacial score (nSPS) is 12.4. The van der Waals surface area contributed by atoms with Crippen LogP contribution in [0.1, 0.15) is 50.5 Å². The minimum absolute atomic E-state index is 0.0204. The van der Waals surface area contributed by atoms with Crippen LogP contribution in [0.2, 0.25) is 0 Å². The lowest BCUT2D eigenvalue weighted by Gasteiger charge is -2.19. The van der Waals surface area contributed by atoms with E-state index in [1.807, 2.05) is 12.1 Å². The summed E-state index contributed by atoms with van der Waals surface area (Å²) in [5, 5.41) is 11.2. The molecule has 0 saturated heterocycles. The molecule has 0 unspecified atom stereocenters. The molecule has 0 fully saturated rings. The van der Waals surface area contributed by atoms with Crippen molar-refractivity contribution < 1.29 is 9.59 Å². The maximum atomic E-state index is 12.6. The first kappa shape index (κ1) is 22.6. The molecule has 2 aromatic carbocycles. The Morgan fingerprint density at radius 2 is 1.65 bits per heavy atom. The molecule has 0 aliphatic carbocycles. The maximum absolute atomic E-state index is 12.6. The van der Waals surface area contributed by atoms with Crippen LogP contribution in [0, 0.1) is 0 Å². The summed E-state index contributed by atoms with van der Waals surface area (Å²) in [6, 6.07) is 14.8. The molecule has 3 N–H and O–H groups in total. The molecule has 3 rings (SSSR count). The molecule has 8 heteroatoms. The molecule has 0 aliphatic heterocycles. The number of aromatic nitrogens is 3. The fourth-order valence-corrected chi connectivity index (χ4v) is 3.69. The van der Waals surface area contributed by atoms with Crippen molar-refractivity contribution in [3.05, 3.63) is 59.7 Å². The van der Waals surface area contributed by atoms with Gasteiger partial charge in [0.15, 0.2) is 11.6 Å². The number of amides is 1. The largest absolute Gasteiger partial charge is 0.335 e. The topological polar surface area (TPSA) is 103 Å². The Kier molecular flexibility index (Phi) is 6.50. The quantitative estimate of drug-likeness (QED) is 0.339. The van der Waals surface area contributed by atoms with Crippen molar-refractivity contribution in [3.63, 3.8) is 0 Å². The number of thioether (sulfide) groups is 1. The SMILES string of the molecule is CC(=O)c1ccc(NC(=O)[C@@H](C)Sc2nnc(-c3ccc(C(C)(C)C)cc3)n2N)cc1. The van der Waals surface area contributed by atoms with Crippen LogP contribution in [-0.4, -0.2) is 31.8 Å². The maximum Gasteiger partial charge on any atom is 0.237 e. The molecule has 1 aromatic heterocycles. The van der Waals surface area contributed by atoms with E-state index < -0.39 is 5.25 Å². The van der Waals surface area contributed by atoms with Gasteiger partial charge in [-0.25, -0.2) is 4.68 Å². The number of hydrogen-bond acceptors (Lipinski definition) is 6. The number of carbonyl (C=O) groups excluding carboxylic acids is 2. The fourth-order valence-electron chi connectivity index (χ4n) is 2.92. The van der Waals surface area contributed by atoms with Crippen LogP contribution < -0.4 is 11.2 Å². The van der Waals surface area contributed by atoms with Gasteiger partial charge in [0.1, 0.15) is 0 Å². The highest BCUT2D eigenvalue weighted by Crippen LogP contribution is 2.28. The third kappa shape index (κ3) is 5.32. The average Bonchev–Trinajstić information content (AvgIpc) is 3.08. The summed E-state index contributed by atoms with van der Waals surface area (Å²) in [6.07, 6.45) is 0. The summed E-state index contributed by atoms with van der Waals surface area (Å²) in [6.45, 7) is 9.75. The van der Waals surface area contributed by atoms with Gasteiger partial charge in [0.25, 0.3) is 0 Å². The lowest BCUT2D eigenvalue weighted by Crippen LogP contribution is -2.23. The summed E-state index contributed by atoms with van der Waals surface area (Å²) >= 11 is 1.23. The van der Waals surface area contributed by atoms with E-state index in [0.717, 1.165) is 5.56 Å². The van der Waals surface area contributed by atoms with Crippen LogP contribution in [0.15, 0.2) is 53.7 Å². The van der Waals surface area contributed by atoms with E-state index >= 15 is 0 Å². The van der Waals surface area contributed by atoms with E-state index in [1.165, 1.54) is 28.9 Å². The molecular formula is C23H27N5O2S. The number of Topliss-reactive ketones (excluding diaryl/α,β-unsaturated/α-hetero) is 1. The first-order valence-corrected chi connectivity index (χ1v) is 10.8. The standard InChI is InChI=1S/C23H27N5O2S/c1-14(29)16-8-12-19(13-9-16)25-21(30)15(2)31-22-27-26-20(28(22)24)17-6-10-18(11-7-17)23(3,4)5/h6-13,15H,24H2,1-5H3,(H,25,30)/t15-/m1/s1. The highest BCUT2D eigenvalue weighted by Gasteiger charge is 2.21. The minimum Gasteiger partial charge on any atom is -0.335 e. The lowest BCUT2D eigenvalue weighted by atomic mass is 9.87. The van der Waals surface area contributed by atoms with Gasteiger partial charge in [-0.15, -0.1) is 10.2 Å². The summed E-state index contributed by atoms with van der Waals surface area (Å²) < 4.78 is 1.40. The van der Waals surface area contributed by atoms with Crippen molar-refractivity contribution in [2.75, 3.05) is 11.2 Å². The Bertz CT molecular complexity index is 1080. The molecule has 0 bridgehead atoms. The number of nitrogens with zero attached hydrogens (tertiary/aromatic N) is 3. The Labute approximate surface area is 186 Å². The van der Waals surface area contributed by atoms with Crippen molar-refractivity contribution in [3.8, 4) is 11.4 Å². The second-order valence-electron chi connectivity index (χ2n) is 8.39. The predicted molar refractivity (Wildman–Crippen MR) is 125 cm³/mol. The molecule has 0 spiro atoms. The van der Waals surface area contributed by atoms with E-state index in [2.05, 4.69) is 48.4 Å². The molecular weight excluding hydrogens is 410 g/mol. The molecule has 7 nitrogen and oxygen atoms in total. The molecule has 3 aromatic rings. The molecule has 0 radical (unpaired) electrons. The summed E-state index contributed by atoms with van der Waals surface area (Å²) in [5.74, 6) is 6.53. The molecule has 0 saturated carbocycles. The summed E-state index contributed by atoms with van der Waals surface area (Å²) in [7, 11) is 0. The van der Waals surface area contributed by atoms with Crippen LogP contribution in [-0.2, 0) is 10.2 Å². The summed E-state index contributed by atoms with van der Waals surface area (Å²) in [5.41, 5.74) is 3.36. The number of rotatable bonds is 6. The number of nitrogen functional groups attached to an aromatic ring is 1. The number of ketones is 1. The van der Waals surface area contributed by atoms with Crippen LogP contribution >= 0.6 is 11.8 Å². The van der Waals surface area contributed by atoms with E-state index in [0.29, 0.717) is 22.2 Å².